The lowest BCUT2D eigenvalue weighted by molar-refractivity contribution is 0.136. The van der Waals surface area contributed by atoms with Crippen LogP contribution in [0.25, 0.3) is 0 Å². The second-order valence-corrected chi connectivity index (χ2v) is 7.18. The topological polar surface area (TPSA) is 78.9 Å². The molecule has 2 aliphatic rings. The molecule has 2 atom stereocenters. The molecule has 1 fully saturated rings. The molecule has 0 aromatic heterocycles. The molecule has 0 aliphatic carbocycles. The summed E-state index contributed by atoms with van der Waals surface area (Å²) in [6.07, 6.45) is 0.0586. The maximum atomic E-state index is 12.6. The molecule has 110 valence electrons. The summed E-state index contributed by atoms with van der Waals surface area (Å²) < 4.78 is 31.9. The molecule has 3 rings (SSSR count). The van der Waals surface area contributed by atoms with Crippen molar-refractivity contribution in [3.63, 3.8) is 0 Å². The third-order valence-corrected chi connectivity index (χ3v) is 5.83. The Balaban J connectivity index is 1.91. The number of benzene rings is 1. The third kappa shape index (κ3) is 2.20. The number of nitrogens with one attached hydrogen (secondary N) is 1. The van der Waals surface area contributed by atoms with Gasteiger partial charge in [-0.15, -0.1) is 0 Å². The number of aliphatic hydroxyl groups excluding tert-OH is 1. The Labute approximate surface area is 118 Å². The van der Waals surface area contributed by atoms with Gasteiger partial charge in [0.05, 0.1) is 23.6 Å². The van der Waals surface area contributed by atoms with Crippen LogP contribution >= 0.6 is 0 Å². The Bertz CT molecular complexity index is 617. The zero-order valence-corrected chi connectivity index (χ0v) is 12.1. The Morgan fingerprint density at radius 2 is 2.20 bits per heavy atom. The zero-order valence-electron chi connectivity index (χ0n) is 11.2. The smallest absolute Gasteiger partial charge is 0.243 e. The number of ether oxygens (including phenoxy) is 1. The van der Waals surface area contributed by atoms with E-state index in [1.807, 2.05) is 0 Å². The molecule has 0 amide bonds. The number of fused-ring (bicyclic) bond motifs is 1. The monoisotopic (exact) mass is 298 g/mol. The van der Waals surface area contributed by atoms with E-state index >= 15 is 0 Å². The highest BCUT2D eigenvalue weighted by Crippen LogP contribution is 2.29. The maximum Gasteiger partial charge on any atom is 0.243 e. The van der Waals surface area contributed by atoms with Crippen molar-refractivity contribution in [2.75, 3.05) is 26.7 Å². The van der Waals surface area contributed by atoms with Crippen molar-refractivity contribution in [1.82, 2.24) is 9.62 Å². The first kappa shape index (κ1) is 13.8. The minimum absolute atomic E-state index is 0.253. The molecule has 1 aromatic carbocycles. The van der Waals surface area contributed by atoms with Gasteiger partial charge >= 0.3 is 0 Å². The fraction of sp³-hybridized carbons (Fsp3) is 0.538. The Kier molecular flexibility index (Phi) is 3.45. The number of rotatable bonds is 3. The van der Waals surface area contributed by atoms with E-state index in [1.165, 1.54) is 11.4 Å². The summed E-state index contributed by atoms with van der Waals surface area (Å²) in [4.78, 5) is 0.253. The van der Waals surface area contributed by atoms with Crippen molar-refractivity contribution in [1.29, 1.82) is 0 Å². The molecule has 2 heterocycles. The zero-order chi connectivity index (χ0) is 14.3. The number of aliphatic hydroxyl groups is 1. The van der Waals surface area contributed by atoms with E-state index in [9.17, 15) is 13.5 Å². The van der Waals surface area contributed by atoms with Crippen LogP contribution in [0, 0.1) is 0 Å². The summed E-state index contributed by atoms with van der Waals surface area (Å²) in [5, 5.41) is 12.8. The molecular weight excluding hydrogens is 280 g/mol. The van der Waals surface area contributed by atoms with Gasteiger partial charge in [-0.25, -0.2) is 8.42 Å². The van der Waals surface area contributed by atoms with E-state index in [4.69, 9.17) is 4.74 Å². The van der Waals surface area contributed by atoms with Gasteiger partial charge in [-0.2, -0.15) is 4.31 Å². The molecule has 1 aromatic rings. The maximum absolute atomic E-state index is 12.6. The lowest BCUT2D eigenvalue weighted by atomic mass is 10.2. The predicted molar refractivity (Wildman–Crippen MR) is 73.3 cm³/mol. The van der Waals surface area contributed by atoms with Gasteiger partial charge in [0.1, 0.15) is 5.75 Å². The third-order valence-electron chi connectivity index (χ3n) is 3.96. The van der Waals surface area contributed by atoms with Crippen molar-refractivity contribution in [2.24, 2.45) is 0 Å². The number of β-amino-alcohol motifs (C(OH)–C–C–N with tert-alkyl or cyclic N) is 1. The number of likely N-dealkylation sites (N-methyl/N-ethyl adjacent to an activating group) is 1. The molecule has 0 saturated carbocycles. The SMILES string of the molecule is CN([C@@H]1CNC[C@H]1O)S(=O)(=O)c1ccc2c(c1)CCO2. The fourth-order valence-corrected chi connectivity index (χ4v) is 4.13. The summed E-state index contributed by atoms with van der Waals surface area (Å²) in [7, 11) is -2.09. The van der Waals surface area contributed by atoms with Gasteiger partial charge in [-0.05, 0) is 23.8 Å². The van der Waals surface area contributed by atoms with Crippen LogP contribution in [0.5, 0.6) is 5.75 Å². The quantitative estimate of drug-likeness (QED) is 0.792. The summed E-state index contributed by atoms with van der Waals surface area (Å²) in [6.45, 7) is 1.48. The highest BCUT2D eigenvalue weighted by molar-refractivity contribution is 7.89. The summed E-state index contributed by atoms with van der Waals surface area (Å²) in [5.74, 6) is 0.758. The summed E-state index contributed by atoms with van der Waals surface area (Å²) in [6, 6.07) is 4.50. The van der Waals surface area contributed by atoms with Gasteiger partial charge in [0, 0.05) is 26.6 Å². The normalized spacial score (nSPS) is 25.8. The van der Waals surface area contributed by atoms with Crippen molar-refractivity contribution < 1.29 is 18.3 Å². The standard InChI is InChI=1S/C13H18N2O4S/c1-15(11-7-14-8-12(11)16)20(17,18)10-2-3-13-9(6-10)4-5-19-13/h2-3,6,11-12,14,16H,4-5,7-8H2,1H3/t11-,12-/m1/s1. The van der Waals surface area contributed by atoms with Crippen LogP contribution in [0.15, 0.2) is 23.1 Å². The van der Waals surface area contributed by atoms with Gasteiger partial charge in [0.2, 0.25) is 10.0 Å². The highest BCUT2D eigenvalue weighted by atomic mass is 32.2. The average molecular weight is 298 g/mol. The van der Waals surface area contributed by atoms with Crippen LogP contribution in [0.1, 0.15) is 5.56 Å². The minimum atomic E-state index is -3.60. The molecule has 0 bridgehead atoms. The van der Waals surface area contributed by atoms with Crippen LogP contribution < -0.4 is 10.1 Å². The molecule has 0 spiro atoms. The van der Waals surface area contributed by atoms with E-state index in [0.717, 1.165) is 17.7 Å². The van der Waals surface area contributed by atoms with E-state index < -0.39 is 22.2 Å². The first-order valence-electron chi connectivity index (χ1n) is 6.62. The van der Waals surface area contributed by atoms with Gasteiger partial charge in [-0.3, -0.25) is 0 Å². The summed E-state index contributed by atoms with van der Waals surface area (Å²) in [5.41, 5.74) is 0.921. The second kappa shape index (κ2) is 5.00. The molecule has 2 N–H and O–H groups in total. The largest absolute Gasteiger partial charge is 0.493 e. The lowest BCUT2D eigenvalue weighted by Crippen LogP contribution is -2.44. The van der Waals surface area contributed by atoms with Gasteiger partial charge in [0.25, 0.3) is 0 Å². The molecule has 1 saturated heterocycles. The molecule has 0 radical (unpaired) electrons. The van der Waals surface area contributed by atoms with E-state index in [2.05, 4.69) is 5.32 Å². The first-order valence-corrected chi connectivity index (χ1v) is 8.07. The first-order chi connectivity index (χ1) is 9.50. The molecule has 0 unspecified atom stereocenters. The molecule has 7 heteroatoms. The number of sulfonamides is 1. The van der Waals surface area contributed by atoms with Crippen LogP contribution in [-0.2, 0) is 16.4 Å². The molecule has 20 heavy (non-hydrogen) atoms. The highest BCUT2D eigenvalue weighted by Gasteiger charge is 2.36. The van der Waals surface area contributed by atoms with Crippen molar-refractivity contribution in [3.8, 4) is 5.75 Å². The Morgan fingerprint density at radius 3 is 2.90 bits per heavy atom. The van der Waals surface area contributed by atoms with E-state index in [0.29, 0.717) is 19.7 Å². The van der Waals surface area contributed by atoms with Gasteiger partial charge < -0.3 is 15.2 Å². The number of hydrogen-bond donors (Lipinski definition) is 2. The number of nitrogens with zero attached hydrogens (tertiary/aromatic N) is 1. The lowest BCUT2D eigenvalue weighted by Gasteiger charge is -2.25. The molecule has 2 aliphatic heterocycles. The fourth-order valence-electron chi connectivity index (χ4n) is 2.69. The van der Waals surface area contributed by atoms with Crippen molar-refractivity contribution in [2.45, 2.75) is 23.5 Å². The number of hydrogen-bond acceptors (Lipinski definition) is 5. The van der Waals surface area contributed by atoms with Crippen LogP contribution in [-0.4, -0.2) is 56.7 Å². The Morgan fingerprint density at radius 1 is 1.40 bits per heavy atom. The summed E-state index contributed by atoms with van der Waals surface area (Å²) >= 11 is 0. The van der Waals surface area contributed by atoms with Crippen LogP contribution in [0.2, 0.25) is 0 Å². The molecule has 6 nitrogen and oxygen atoms in total. The second-order valence-electron chi connectivity index (χ2n) is 5.18. The average Bonchev–Trinajstić information content (AvgIpc) is 3.05. The van der Waals surface area contributed by atoms with E-state index in [1.54, 1.807) is 18.2 Å². The van der Waals surface area contributed by atoms with Crippen molar-refractivity contribution in [3.05, 3.63) is 23.8 Å². The van der Waals surface area contributed by atoms with Crippen LogP contribution in [0.4, 0.5) is 0 Å². The Hall–Kier alpha value is -1.15. The van der Waals surface area contributed by atoms with Crippen LogP contribution in [0.3, 0.4) is 0 Å². The van der Waals surface area contributed by atoms with Gasteiger partial charge in [-0.1, -0.05) is 0 Å². The van der Waals surface area contributed by atoms with E-state index in [-0.39, 0.29) is 4.90 Å². The minimum Gasteiger partial charge on any atom is -0.493 e. The predicted octanol–water partition coefficient (Wildman–Crippen LogP) is -0.425. The van der Waals surface area contributed by atoms with Gasteiger partial charge in [0.15, 0.2) is 0 Å². The van der Waals surface area contributed by atoms with Crippen molar-refractivity contribution >= 4 is 10.0 Å². The molecular formula is C13H18N2O4S.